The van der Waals surface area contributed by atoms with E-state index in [9.17, 15) is 4.79 Å². The normalized spacial score (nSPS) is 17.9. The molecule has 1 aliphatic heterocycles. The van der Waals surface area contributed by atoms with Gasteiger partial charge in [-0.1, -0.05) is 23.4 Å². The highest BCUT2D eigenvalue weighted by Gasteiger charge is 2.31. The Labute approximate surface area is 152 Å². The molecule has 4 rings (SSSR count). The Morgan fingerprint density at radius 1 is 1.23 bits per heavy atom. The molecular formula is C20H24N4O2. The lowest BCUT2D eigenvalue weighted by Crippen LogP contribution is -2.27. The van der Waals surface area contributed by atoms with Gasteiger partial charge in [0.1, 0.15) is 0 Å². The second kappa shape index (κ2) is 6.61. The second-order valence-electron chi connectivity index (χ2n) is 7.04. The monoisotopic (exact) mass is 352 g/mol. The predicted octanol–water partition coefficient (Wildman–Crippen LogP) is 3.12. The molecule has 136 valence electrons. The summed E-state index contributed by atoms with van der Waals surface area (Å²) in [5.74, 6) is 0.900. The van der Waals surface area contributed by atoms with Crippen LogP contribution < -0.4 is 5.56 Å². The number of aromatic nitrogens is 3. The Balaban J connectivity index is 1.68. The van der Waals surface area contributed by atoms with E-state index in [0.717, 1.165) is 47.8 Å². The van der Waals surface area contributed by atoms with Crippen LogP contribution in [0.25, 0.3) is 5.69 Å². The fraction of sp³-hybridized carbons (Fsp3) is 0.400. The Morgan fingerprint density at radius 2 is 2.00 bits per heavy atom. The quantitative estimate of drug-likeness (QED) is 0.724. The molecule has 2 aromatic heterocycles. The summed E-state index contributed by atoms with van der Waals surface area (Å²) in [7, 11) is 1.94. The molecule has 1 saturated heterocycles. The average Bonchev–Trinajstić information content (AvgIpc) is 3.32. The van der Waals surface area contributed by atoms with Gasteiger partial charge in [-0.05, 0) is 45.4 Å². The van der Waals surface area contributed by atoms with Gasteiger partial charge in [-0.25, -0.2) is 4.68 Å². The number of benzene rings is 1. The van der Waals surface area contributed by atoms with Crippen molar-refractivity contribution in [1.82, 2.24) is 19.4 Å². The number of hydrogen-bond donors (Lipinski definition) is 0. The highest BCUT2D eigenvalue weighted by molar-refractivity contribution is 5.33. The first-order chi connectivity index (χ1) is 12.6. The van der Waals surface area contributed by atoms with Gasteiger partial charge in [-0.3, -0.25) is 14.4 Å². The zero-order valence-corrected chi connectivity index (χ0v) is 15.5. The predicted molar refractivity (Wildman–Crippen MR) is 99.4 cm³/mol. The Bertz CT molecular complexity index is 968. The molecule has 1 aliphatic rings. The van der Waals surface area contributed by atoms with Crippen molar-refractivity contribution in [2.24, 2.45) is 7.05 Å². The maximum atomic E-state index is 13.1. The first kappa shape index (κ1) is 16.8. The SMILES string of the molecule is Cc1cc([C@H]2CCCN2Cc2c(C)n(C)n(-c3ccccc3)c2=O)on1. The minimum absolute atomic E-state index is 0.0515. The fourth-order valence-electron chi connectivity index (χ4n) is 3.89. The summed E-state index contributed by atoms with van der Waals surface area (Å²) in [6.45, 7) is 5.54. The maximum Gasteiger partial charge on any atom is 0.276 e. The fourth-order valence-corrected chi connectivity index (χ4v) is 3.89. The molecule has 6 nitrogen and oxygen atoms in total. The Hall–Kier alpha value is -2.60. The number of likely N-dealkylation sites (tertiary alicyclic amines) is 1. The lowest BCUT2D eigenvalue weighted by molar-refractivity contribution is 0.205. The van der Waals surface area contributed by atoms with Gasteiger partial charge in [0, 0.05) is 25.4 Å². The van der Waals surface area contributed by atoms with Gasteiger partial charge in [-0.2, -0.15) is 0 Å². The van der Waals surface area contributed by atoms with Gasteiger partial charge in [0.05, 0.1) is 23.0 Å². The summed E-state index contributed by atoms with van der Waals surface area (Å²) in [6.07, 6.45) is 2.14. The molecule has 6 heteroatoms. The van der Waals surface area contributed by atoms with E-state index in [-0.39, 0.29) is 11.6 Å². The summed E-state index contributed by atoms with van der Waals surface area (Å²) in [5, 5.41) is 4.02. The van der Waals surface area contributed by atoms with Gasteiger partial charge in [0.2, 0.25) is 0 Å². The van der Waals surface area contributed by atoms with E-state index in [1.165, 1.54) is 0 Å². The van der Waals surface area contributed by atoms with Crippen LogP contribution in [0.4, 0.5) is 0 Å². The van der Waals surface area contributed by atoms with Crippen LogP contribution >= 0.6 is 0 Å². The van der Waals surface area contributed by atoms with Crippen LogP contribution in [0.5, 0.6) is 0 Å². The molecule has 0 radical (unpaired) electrons. The molecule has 1 aromatic carbocycles. The van der Waals surface area contributed by atoms with Crippen molar-refractivity contribution in [1.29, 1.82) is 0 Å². The van der Waals surface area contributed by atoms with E-state index in [0.29, 0.717) is 6.54 Å². The highest BCUT2D eigenvalue weighted by atomic mass is 16.5. The molecule has 3 heterocycles. The molecular weight excluding hydrogens is 328 g/mol. The van der Waals surface area contributed by atoms with E-state index in [2.05, 4.69) is 10.1 Å². The summed E-state index contributed by atoms with van der Waals surface area (Å²) in [4.78, 5) is 15.5. The van der Waals surface area contributed by atoms with E-state index in [1.807, 2.05) is 62.0 Å². The van der Waals surface area contributed by atoms with Crippen molar-refractivity contribution in [3.63, 3.8) is 0 Å². The largest absolute Gasteiger partial charge is 0.359 e. The number of rotatable bonds is 4. The molecule has 26 heavy (non-hydrogen) atoms. The first-order valence-electron chi connectivity index (χ1n) is 9.06. The first-order valence-corrected chi connectivity index (χ1v) is 9.06. The molecule has 0 unspecified atom stereocenters. The van der Waals surface area contributed by atoms with Gasteiger partial charge in [-0.15, -0.1) is 0 Å². The molecule has 0 saturated carbocycles. The van der Waals surface area contributed by atoms with E-state index in [4.69, 9.17) is 4.52 Å². The summed E-state index contributed by atoms with van der Waals surface area (Å²) in [6, 6.07) is 12.0. The standard InChI is InChI=1S/C20H24N4O2/c1-14-12-19(26-21-14)18-10-7-11-23(18)13-17-15(2)22(3)24(20(17)25)16-8-5-4-6-9-16/h4-6,8-9,12,18H,7,10-11,13H2,1-3H3/t18-/m1/s1. The molecule has 3 aromatic rings. The number of hydrogen-bond acceptors (Lipinski definition) is 4. The van der Waals surface area contributed by atoms with Crippen molar-refractivity contribution < 1.29 is 4.52 Å². The van der Waals surface area contributed by atoms with Crippen LogP contribution in [0.15, 0.2) is 45.7 Å². The molecule has 0 N–H and O–H groups in total. The summed E-state index contributed by atoms with van der Waals surface area (Å²) < 4.78 is 9.18. The molecule has 0 amide bonds. The van der Waals surface area contributed by atoms with Crippen molar-refractivity contribution in [3.8, 4) is 5.69 Å². The van der Waals surface area contributed by atoms with Crippen LogP contribution in [-0.4, -0.2) is 26.0 Å². The van der Waals surface area contributed by atoms with Gasteiger partial charge in [0.15, 0.2) is 5.76 Å². The molecule has 1 fully saturated rings. The van der Waals surface area contributed by atoms with Gasteiger partial charge in [0.25, 0.3) is 5.56 Å². The van der Waals surface area contributed by atoms with Crippen LogP contribution in [-0.2, 0) is 13.6 Å². The molecule has 0 bridgehead atoms. The Morgan fingerprint density at radius 3 is 2.69 bits per heavy atom. The summed E-state index contributed by atoms with van der Waals surface area (Å²) >= 11 is 0. The van der Waals surface area contributed by atoms with Gasteiger partial charge < -0.3 is 4.52 Å². The van der Waals surface area contributed by atoms with Crippen molar-refractivity contribution in [3.05, 3.63) is 69.5 Å². The summed E-state index contributed by atoms with van der Waals surface area (Å²) in [5.41, 5.74) is 3.68. The third-order valence-electron chi connectivity index (χ3n) is 5.37. The minimum Gasteiger partial charge on any atom is -0.359 e. The topological polar surface area (TPSA) is 56.2 Å². The maximum absolute atomic E-state index is 13.1. The third kappa shape index (κ3) is 2.80. The second-order valence-corrected chi connectivity index (χ2v) is 7.04. The molecule has 0 aliphatic carbocycles. The van der Waals surface area contributed by atoms with Crippen LogP contribution in [0.3, 0.4) is 0 Å². The van der Waals surface area contributed by atoms with Crippen molar-refractivity contribution in [2.45, 2.75) is 39.3 Å². The molecule has 1 atom stereocenters. The van der Waals surface area contributed by atoms with E-state index < -0.39 is 0 Å². The Kier molecular flexibility index (Phi) is 4.28. The molecule has 0 spiro atoms. The number of aryl methyl sites for hydroxylation is 1. The van der Waals surface area contributed by atoms with Crippen LogP contribution in [0, 0.1) is 13.8 Å². The number of nitrogens with zero attached hydrogens (tertiary/aromatic N) is 4. The lowest BCUT2D eigenvalue weighted by Gasteiger charge is -2.21. The third-order valence-corrected chi connectivity index (χ3v) is 5.37. The smallest absolute Gasteiger partial charge is 0.276 e. The number of para-hydroxylation sites is 1. The zero-order chi connectivity index (χ0) is 18.3. The van der Waals surface area contributed by atoms with Crippen molar-refractivity contribution in [2.75, 3.05) is 6.54 Å². The van der Waals surface area contributed by atoms with Crippen LogP contribution in [0.2, 0.25) is 0 Å². The average molecular weight is 352 g/mol. The van der Waals surface area contributed by atoms with E-state index >= 15 is 0 Å². The minimum atomic E-state index is 0.0515. The van der Waals surface area contributed by atoms with Crippen LogP contribution in [0.1, 0.15) is 41.6 Å². The zero-order valence-electron chi connectivity index (χ0n) is 15.5. The van der Waals surface area contributed by atoms with Crippen molar-refractivity contribution >= 4 is 0 Å². The van der Waals surface area contributed by atoms with Gasteiger partial charge >= 0.3 is 0 Å². The lowest BCUT2D eigenvalue weighted by atomic mass is 10.1. The highest BCUT2D eigenvalue weighted by Crippen LogP contribution is 2.33. The van der Waals surface area contributed by atoms with E-state index in [1.54, 1.807) is 4.68 Å².